The first-order valence-electron chi connectivity index (χ1n) is 2.64. The minimum absolute atomic E-state index is 1.25. The molecule has 0 unspecified atom stereocenters. The van der Waals surface area contributed by atoms with Crippen LogP contribution in [0.2, 0.25) is 19.6 Å². The predicted octanol–water partition coefficient (Wildman–Crippen LogP) is 2.68. The molecule has 0 aliphatic rings. The van der Waals surface area contributed by atoms with Gasteiger partial charge in [0.25, 0.3) is 5.87 Å². The van der Waals surface area contributed by atoms with Crippen LogP contribution in [0, 0.1) is 0 Å². The molecule has 0 spiro atoms. The molecule has 6 heteroatoms. The van der Waals surface area contributed by atoms with Crippen molar-refractivity contribution in [2.45, 2.75) is 19.6 Å². The van der Waals surface area contributed by atoms with Crippen LogP contribution in [0.3, 0.4) is 0 Å². The van der Waals surface area contributed by atoms with Crippen LogP contribution >= 0.6 is 33.2 Å². The summed E-state index contributed by atoms with van der Waals surface area (Å²) < 4.78 is 0. The van der Waals surface area contributed by atoms with Crippen LogP contribution in [-0.2, 0) is 0 Å². The maximum atomic E-state index is 5.67. The lowest BCUT2D eigenvalue weighted by molar-refractivity contribution is 1.86. The van der Waals surface area contributed by atoms with Gasteiger partial charge in [-0.2, -0.15) is 0 Å². The van der Waals surface area contributed by atoms with Crippen molar-refractivity contribution in [3.05, 3.63) is 0 Å². The molecule has 0 nitrogen and oxygen atoms in total. The second-order valence-electron chi connectivity index (χ2n) is 3.05. The minimum atomic E-state index is -2.44. The summed E-state index contributed by atoms with van der Waals surface area (Å²) in [6.45, 7) is 8.41. The Bertz CT molecular complexity index is 82.2. The van der Waals surface area contributed by atoms with E-state index < -0.39 is 13.8 Å². The number of rotatable bonds is 2. The van der Waals surface area contributed by atoms with Crippen molar-refractivity contribution >= 4 is 53.5 Å². The van der Waals surface area contributed by atoms with E-state index in [0.717, 1.165) is 0 Å². The molecule has 0 atom stereocenters. The van der Waals surface area contributed by atoms with E-state index in [1.54, 1.807) is 0 Å². The first kappa shape index (κ1) is 10.4. The molecular weight excluding hydrogens is 209 g/mol. The summed E-state index contributed by atoms with van der Waals surface area (Å²) in [7, 11) is -1.25. The molecule has 0 fully saturated rings. The van der Waals surface area contributed by atoms with Gasteiger partial charge in [-0.1, -0.05) is 19.6 Å². The van der Waals surface area contributed by atoms with Crippen LogP contribution in [0.25, 0.3) is 0 Å². The van der Waals surface area contributed by atoms with Crippen LogP contribution in [-0.4, -0.2) is 20.3 Å². The Hall–Kier alpha value is 1.37. The van der Waals surface area contributed by atoms with E-state index in [1.165, 1.54) is 0 Å². The van der Waals surface area contributed by atoms with Crippen molar-refractivity contribution in [2.75, 3.05) is 0 Å². The van der Waals surface area contributed by atoms with Crippen molar-refractivity contribution < 1.29 is 0 Å². The van der Waals surface area contributed by atoms with Crippen molar-refractivity contribution in [2.24, 2.45) is 0 Å². The zero-order chi connectivity index (χ0) is 7.71. The summed E-state index contributed by atoms with van der Waals surface area (Å²) >= 11 is 17.0. The summed E-state index contributed by atoms with van der Waals surface area (Å²) in [5.41, 5.74) is 0. The third kappa shape index (κ3) is 9.37. The molecule has 0 bridgehead atoms. The summed E-state index contributed by atoms with van der Waals surface area (Å²) in [6, 6.07) is 0. The van der Waals surface area contributed by atoms with E-state index >= 15 is 0 Å². The van der Waals surface area contributed by atoms with Gasteiger partial charge in [-0.15, -0.1) is 33.2 Å². The van der Waals surface area contributed by atoms with E-state index in [0.29, 0.717) is 0 Å². The fraction of sp³-hybridized carbons (Fsp3) is 1.00. The Morgan fingerprint density at radius 2 is 1.33 bits per heavy atom. The average Bonchev–Trinajstić information content (AvgIpc) is 1.14. The molecule has 53 valence electrons. The van der Waals surface area contributed by atoms with Gasteiger partial charge in [0, 0.05) is 7.94 Å². The van der Waals surface area contributed by atoms with E-state index in [9.17, 15) is 0 Å². The highest BCUT2D eigenvalue weighted by Crippen LogP contribution is 2.21. The largest absolute Gasteiger partial charge is 0.294 e. The lowest BCUT2D eigenvalue weighted by atomic mass is 10.7. The monoisotopic (exact) mass is 217 g/mol. The standard InChI is InChI=1S/C3H9BCl3Si2/c1-8(2,3)4-9(5,6)7/h1-3H3. The van der Waals surface area contributed by atoms with Crippen LogP contribution in [0.4, 0.5) is 0 Å². The van der Waals surface area contributed by atoms with Gasteiger partial charge in [-0.05, 0) is 0 Å². The van der Waals surface area contributed by atoms with Gasteiger partial charge in [-0.3, -0.25) is 0 Å². The lowest BCUT2D eigenvalue weighted by Crippen LogP contribution is -2.42. The molecule has 0 saturated heterocycles. The molecule has 0 aromatic heterocycles. The third-order valence-electron chi connectivity index (χ3n) is 0.597. The molecule has 0 aromatic carbocycles. The topological polar surface area (TPSA) is 0 Å². The SMILES string of the molecule is C[Si](C)(C)[B][Si](Cl)(Cl)Cl. The smallest absolute Gasteiger partial charge is 0.136 e. The highest BCUT2D eigenvalue weighted by molar-refractivity contribution is 7.90. The summed E-state index contributed by atoms with van der Waals surface area (Å²) in [5.74, 6) is -2.44. The molecule has 0 aliphatic carbocycles. The number of hydrogen-bond acceptors (Lipinski definition) is 0. The summed E-state index contributed by atoms with van der Waals surface area (Å²) in [5, 5.41) is 0. The first-order chi connectivity index (χ1) is 3.71. The molecule has 0 aliphatic heterocycles. The van der Waals surface area contributed by atoms with Crippen molar-refractivity contribution in [3.63, 3.8) is 0 Å². The van der Waals surface area contributed by atoms with E-state index in [-0.39, 0.29) is 0 Å². The van der Waals surface area contributed by atoms with Gasteiger partial charge in [0.2, 0.25) is 0 Å². The van der Waals surface area contributed by atoms with Crippen molar-refractivity contribution in [1.82, 2.24) is 0 Å². The van der Waals surface area contributed by atoms with Crippen molar-refractivity contribution in [1.29, 1.82) is 0 Å². The van der Waals surface area contributed by atoms with Crippen LogP contribution in [0.15, 0.2) is 0 Å². The highest BCUT2D eigenvalue weighted by Gasteiger charge is 2.33. The van der Waals surface area contributed by atoms with Crippen LogP contribution in [0.1, 0.15) is 0 Å². The maximum absolute atomic E-state index is 5.67. The molecule has 1 radical (unpaired) electrons. The van der Waals surface area contributed by atoms with E-state index in [4.69, 9.17) is 33.2 Å². The third-order valence-corrected chi connectivity index (χ3v) is 8.32. The quantitative estimate of drug-likeness (QED) is 0.494. The molecule has 0 N–H and O–H groups in total. The lowest BCUT2D eigenvalue weighted by Gasteiger charge is -2.17. The average molecular weight is 218 g/mol. The Morgan fingerprint density at radius 1 is 1.00 bits per heavy atom. The Kier molecular flexibility index (Phi) is 3.66. The Labute approximate surface area is 73.1 Å². The first-order valence-corrected chi connectivity index (χ1v) is 11.3. The molecule has 0 aromatic rings. The highest BCUT2D eigenvalue weighted by atomic mass is 35.8. The van der Waals surface area contributed by atoms with Gasteiger partial charge in [0.15, 0.2) is 6.46 Å². The summed E-state index contributed by atoms with van der Waals surface area (Å²) in [4.78, 5) is 0. The second-order valence-corrected chi connectivity index (χ2v) is 17.1. The molecule has 0 heterocycles. The van der Waals surface area contributed by atoms with Gasteiger partial charge in [-0.25, -0.2) is 0 Å². The van der Waals surface area contributed by atoms with Crippen molar-refractivity contribution in [3.8, 4) is 0 Å². The molecule has 9 heavy (non-hydrogen) atoms. The fourth-order valence-corrected chi connectivity index (χ4v) is 13.3. The second kappa shape index (κ2) is 3.18. The minimum Gasteiger partial charge on any atom is -0.136 e. The molecule has 0 rings (SSSR count). The molecule has 0 saturated carbocycles. The van der Waals surface area contributed by atoms with Gasteiger partial charge in [0.05, 0.1) is 0 Å². The van der Waals surface area contributed by atoms with Crippen LogP contribution < -0.4 is 0 Å². The van der Waals surface area contributed by atoms with E-state index in [2.05, 4.69) is 19.6 Å². The Morgan fingerprint density at radius 3 is 1.33 bits per heavy atom. The number of hydrogen-bond donors (Lipinski definition) is 0. The predicted molar refractivity (Wildman–Crippen MR) is 52.4 cm³/mol. The van der Waals surface area contributed by atoms with Gasteiger partial charge in [0.1, 0.15) is 0 Å². The van der Waals surface area contributed by atoms with Gasteiger partial charge >= 0.3 is 0 Å². The van der Waals surface area contributed by atoms with Gasteiger partial charge < -0.3 is 0 Å². The molecular formula is C3H9BCl3Si2. The van der Waals surface area contributed by atoms with Crippen LogP contribution in [0.5, 0.6) is 0 Å². The zero-order valence-corrected chi connectivity index (χ0v) is 9.98. The Balaban J connectivity index is 3.75. The normalized spacial score (nSPS) is 13.6. The maximum Gasteiger partial charge on any atom is 0.294 e. The molecule has 0 amide bonds. The van der Waals surface area contributed by atoms with E-state index in [1.807, 2.05) is 6.46 Å². The zero-order valence-electron chi connectivity index (χ0n) is 5.71. The number of halogens is 3. The fourth-order valence-electron chi connectivity index (χ4n) is 0.491. The summed E-state index contributed by atoms with van der Waals surface area (Å²) in [6.07, 6.45) is 0.